The van der Waals surface area contributed by atoms with Gasteiger partial charge >= 0.3 is 6.03 Å². The maximum Gasteiger partial charge on any atom is 0.320 e. The first-order valence-corrected chi connectivity index (χ1v) is 12.4. The molecular weight excluding hydrogens is 504 g/mol. The Hall–Kier alpha value is -3.05. The minimum Gasteiger partial charge on any atom is -0.393 e. The number of ether oxygens (including phenoxy) is 1. The molecule has 0 saturated carbocycles. The summed E-state index contributed by atoms with van der Waals surface area (Å²) in [6.45, 7) is 3.80. The first-order valence-electron chi connectivity index (χ1n) is 12.0. The van der Waals surface area contributed by atoms with Gasteiger partial charge in [0.25, 0.3) is 0 Å². The first kappa shape index (κ1) is 27.0. The van der Waals surface area contributed by atoms with Crippen LogP contribution in [0.5, 0.6) is 0 Å². The lowest BCUT2D eigenvalue weighted by atomic mass is 9.94. The van der Waals surface area contributed by atoms with E-state index in [0.29, 0.717) is 43.2 Å². The molecule has 3 N–H and O–H groups in total. The molecule has 2 heterocycles. The summed E-state index contributed by atoms with van der Waals surface area (Å²) in [5.74, 6) is -1.85. The number of carbonyl (C=O) groups excluding carboxylic acids is 1. The molecule has 3 atom stereocenters. The second kappa shape index (κ2) is 12.0. The van der Waals surface area contributed by atoms with Gasteiger partial charge < -0.3 is 15.2 Å². The molecule has 0 bridgehead atoms. The zero-order valence-electron chi connectivity index (χ0n) is 20.6. The molecule has 4 rings (SSSR count). The molecule has 1 fully saturated rings. The molecule has 2 aromatic carbocycles. The summed E-state index contributed by atoms with van der Waals surface area (Å²) in [6.07, 6.45) is -0.462. The van der Waals surface area contributed by atoms with Crippen LogP contribution in [0.25, 0.3) is 5.69 Å². The third kappa shape index (κ3) is 6.45. The molecule has 0 radical (unpaired) electrons. The van der Waals surface area contributed by atoms with E-state index in [0.717, 1.165) is 6.07 Å². The number of rotatable bonds is 9. The zero-order chi connectivity index (χ0) is 26.5. The van der Waals surface area contributed by atoms with Gasteiger partial charge in [-0.1, -0.05) is 35.9 Å². The van der Waals surface area contributed by atoms with Crippen molar-refractivity contribution in [1.82, 2.24) is 20.0 Å². The minimum absolute atomic E-state index is 0.213. The van der Waals surface area contributed by atoms with Crippen molar-refractivity contribution in [2.24, 2.45) is 0 Å². The van der Waals surface area contributed by atoms with Crippen molar-refractivity contribution in [2.75, 3.05) is 38.7 Å². The lowest BCUT2D eigenvalue weighted by molar-refractivity contribution is 0.159. The number of aliphatic hydroxyl groups is 1. The number of halogens is 3. The standard InChI is InChI=1S/C26H30ClF2N5O3/c1-16(35)12-22-24(27)25(34(32-22)18-6-4-3-5-7-18)31-26(36)30-23-15-33(10-11-37-2)14-19(23)17-8-9-20(28)21(29)13-17/h3-9,13,16,19,23,35H,10-12,14-15H2,1-2H3,(H2,30,31,36)/t16-,19-,23+/m0/s1. The summed E-state index contributed by atoms with van der Waals surface area (Å²) in [6, 6.07) is 12.1. The maximum atomic E-state index is 14.0. The molecule has 198 valence electrons. The van der Waals surface area contributed by atoms with Crippen molar-refractivity contribution in [2.45, 2.75) is 31.4 Å². The van der Waals surface area contributed by atoms with Crippen LogP contribution < -0.4 is 10.6 Å². The van der Waals surface area contributed by atoms with Gasteiger partial charge in [-0.05, 0) is 36.8 Å². The highest BCUT2D eigenvalue weighted by atomic mass is 35.5. The van der Waals surface area contributed by atoms with E-state index in [1.165, 1.54) is 10.7 Å². The fourth-order valence-electron chi connectivity index (χ4n) is 4.55. The number of nitrogens with zero attached hydrogens (tertiary/aromatic N) is 3. The Morgan fingerprint density at radius 3 is 2.65 bits per heavy atom. The fourth-order valence-corrected chi connectivity index (χ4v) is 4.79. The lowest BCUT2D eigenvalue weighted by Gasteiger charge is -2.21. The summed E-state index contributed by atoms with van der Waals surface area (Å²) in [5, 5.41) is 20.4. The van der Waals surface area contributed by atoms with Gasteiger partial charge in [0.05, 0.1) is 30.1 Å². The van der Waals surface area contributed by atoms with Crippen LogP contribution in [0.3, 0.4) is 0 Å². The average molecular weight is 534 g/mol. The first-order chi connectivity index (χ1) is 17.8. The Bertz CT molecular complexity index is 1220. The largest absolute Gasteiger partial charge is 0.393 e. The summed E-state index contributed by atoms with van der Waals surface area (Å²) in [4.78, 5) is 15.3. The quantitative estimate of drug-likeness (QED) is 0.387. The van der Waals surface area contributed by atoms with Crippen molar-refractivity contribution in [3.05, 3.63) is 76.4 Å². The number of methoxy groups -OCH3 is 1. The third-order valence-corrected chi connectivity index (χ3v) is 6.71. The van der Waals surface area contributed by atoms with Gasteiger partial charge in [-0.3, -0.25) is 10.2 Å². The van der Waals surface area contributed by atoms with Crippen molar-refractivity contribution in [3.63, 3.8) is 0 Å². The van der Waals surface area contributed by atoms with Gasteiger partial charge in [0.1, 0.15) is 5.02 Å². The van der Waals surface area contributed by atoms with Crippen molar-refractivity contribution in [1.29, 1.82) is 0 Å². The molecule has 0 spiro atoms. The Morgan fingerprint density at radius 2 is 1.97 bits per heavy atom. The van der Waals surface area contributed by atoms with Crippen molar-refractivity contribution < 1.29 is 23.4 Å². The Balaban J connectivity index is 1.57. The van der Waals surface area contributed by atoms with Crippen LogP contribution in [0.15, 0.2) is 48.5 Å². The molecule has 3 aromatic rings. The SMILES string of the molecule is COCCN1C[C@@H](NC(=O)Nc2c(Cl)c(C[C@H](C)O)nn2-c2ccccc2)[C@H](c2ccc(F)c(F)c2)C1. The molecule has 8 nitrogen and oxygen atoms in total. The Labute approximate surface area is 219 Å². The highest BCUT2D eigenvalue weighted by Crippen LogP contribution is 2.31. The number of hydrogen-bond acceptors (Lipinski definition) is 5. The summed E-state index contributed by atoms with van der Waals surface area (Å²) in [5.41, 5.74) is 1.72. The molecule has 1 aromatic heterocycles. The van der Waals surface area contributed by atoms with E-state index < -0.39 is 23.8 Å². The van der Waals surface area contributed by atoms with Crippen LogP contribution in [-0.2, 0) is 11.2 Å². The molecule has 1 aliphatic heterocycles. The van der Waals surface area contributed by atoms with Crippen molar-refractivity contribution >= 4 is 23.4 Å². The second-order valence-electron chi connectivity index (χ2n) is 9.15. The van der Waals surface area contributed by atoms with E-state index in [9.17, 15) is 18.7 Å². The number of nitrogens with one attached hydrogen (secondary N) is 2. The number of hydrogen-bond donors (Lipinski definition) is 3. The van der Waals surface area contributed by atoms with Crippen LogP contribution in [0.1, 0.15) is 24.1 Å². The second-order valence-corrected chi connectivity index (χ2v) is 9.53. The monoisotopic (exact) mass is 533 g/mol. The number of aromatic nitrogens is 2. The summed E-state index contributed by atoms with van der Waals surface area (Å²) in [7, 11) is 1.61. The number of benzene rings is 2. The highest BCUT2D eigenvalue weighted by molar-refractivity contribution is 6.34. The fraction of sp³-hybridized carbons (Fsp3) is 0.385. The van der Waals surface area contributed by atoms with Gasteiger partial charge in [0.2, 0.25) is 0 Å². The number of amides is 2. The topological polar surface area (TPSA) is 91.7 Å². The van der Waals surface area contributed by atoms with Crippen LogP contribution in [0, 0.1) is 11.6 Å². The van der Waals surface area contributed by atoms with Crippen LogP contribution >= 0.6 is 11.6 Å². The molecular formula is C26H30ClF2N5O3. The van der Waals surface area contributed by atoms with Crippen LogP contribution in [0.4, 0.5) is 19.4 Å². The molecule has 0 unspecified atom stereocenters. The van der Waals surface area contributed by atoms with Crippen molar-refractivity contribution in [3.8, 4) is 5.69 Å². The molecule has 11 heteroatoms. The average Bonchev–Trinajstić information content (AvgIpc) is 3.40. The lowest BCUT2D eigenvalue weighted by Crippen LogP contribution is -2.42. The van der Waals surface area contributed by atoms with Crippen LogP contribution in [-0.4, -0.2) is 71.3 Å². The Morgan fingerprint density at radius 1 is 1.22 bits per heavy atom. The number of aliphatic hydroxyl groups excluding tert-OH is 1. The minimum atomic E-state index is -0.930. The Kier molecular flexibility index (Phi) is 8.75. The number of para-hydroxylation sites is 1. The maximum absolute atomic E-state index is 14.0. The molecule has 37 heavy (non-hydrogen) atoms. The van der Waals surface area contributed by atoms with Gasteiger partial charge in [-0.2, -0.15) is 5.10 Å². The van der Waals surface area contributed by atoms with E-state index in [4.69, 9.17) is 16.3 Å². The van der Waals surface area contributed by atoms with E-state index in [1.54, 1.807) is 20.1 Å². The normalized spacial score (nSPS) is 18.6. The molecule has 0 aliphatic carbocycles. The van der Waals surface area contributed by atoms with Crippen LogP contribution in [0.2, 0.25) is 5.02 Å². The zero-order valence-corrected chi connectivity index (χ0v) is 21.4. The highest BCUT2D eigenvalue weighted by Gasteiger charge is 2.35. The molecule has 2 amide bonds. The van der Waals surface area contributed by atoms with E-state index in [1.807, 2.05) is 30.3 Å². The van der Waals surface area contributed by atoms with Gasteiger partial charge in [-0.25, -0.2) is 18.3 Å². The molecule has 1 saturated heterocycles. The summed E-state index contributed by atoms with van der Waals surface area (Å²) >= 11 is 6.59. The van der Waals surface area contributed by atoms with E-state index >= 15 is 0 Å². The molecule has 1 aliphatic rings. The van der Waals surface area contributed by atoms with Gasteiger partial charge in [0, 0.05) is 39.1 Å². The van der Waals surface area contributed by atoms with E-state index in [-0.39, 0.29) is 29.2 Å². The third-order valence-electron chi connectivity index (χ3n) is 6.31. The number of carbonyl (C=O) groups is 1. The number of anilines is 1. The predicted molar refractivity (Wildman–Crippen MR) is 137 cm³/mol. The predicted octanol–water partition coefficient (Wildman–Crippen LogP) is 3.96. The number of likely N-dealkylation sites (tertiary alicyclic amines) is 1. The van der Waals surface area contributed by atoms with Gasteiger partial charge in [-0.15, -0.1) is 0 Å². The van der Waals surface area contributed by atoms with E-state index in [2.05, 4.69) is 20.6 Å². The van der Waals surface area contributed by atoms with Gasteiger partial charge in [0.15, 0.2) is 17.5 Å². The number of urea groups is 1. The summed E-state index contributed by atoms with van der Waals surface area (Å²) < 4.78 is 34.3. The smallest absolute Gasteiger partial charge is 0.320 e.